The van der Waals surface area contributed by atoms with E-state index in [4.69, 9.17) is 4.74 Å². The van der Waals surface area contributed by atoms with E-state index in [0.29, 0.717) is 23.4 Å². The van der Waals surface area contributed by atoms with E-state index in [-0.39, 0.29) is 6.54 Å². The van der Waals surface area contributed by atoms with Gasteiger partial charge in [-0.15, -0.1) is 0 Å². The maximum absolute atomic E-state index is 12.4. The number of halogens is 3. The summed E-state index contributed by atoms with van der Waals surface area (Å²) in [5.41, 5.74) is 0.687. The van der Waals surface area contributed by atoms with Crippen LogP contribution in [0.25, 0.3) is 0 Å². The first-order chi connectivity index (χ1) is 7.67. The van der Waals surface area contributed by atoms with Crippen LogP contribution >= 0.6 is 15.9 Å². The molecule has 0 bridgehead atoms. The van der Waals surface area contributed by atoms with Gasteiger partial charge in [-0.3, -0.25) is 0 Å². The molecule has 6 heteroatoms. The lowest BCUT2D eigenvalue weighted by molar-refractivity contribution is 0.155. The minimum Gasteiger partial charge on any atom is -0.481 e. The van der Waals surface area contributed by atoms with Crippen molar-refractivity contribution in [3.8, 4) is 5.88 Å². The van der Waals surface area contributed by atoms with Crippen LogP contribution in [-0.2, 0) is 0 Å². The highest BCUT2D eigenvalue weighted by molar-refractivity contribution is 9.09. The van der Waals surface area contributed by atoms with E-state index >= 15 is 0 Å². The van der Waals surface area contributed by atoms with Crippen molar-refractivity contribution in [3.05, 3.63) is 18.3 Å². The van der Waals surface area contributed by atoms with Gasteiger partial charge in [-0.05, 0) is 6.07 Å². The molecule has 90 valence electrons. The second kappa shape index (κ2) is 6.62. The van der Waals surface area contributed by atoms with Gasteiger partial charge in [0.1, 0.15) is 0 Å². The Morgan fingerprint density at radius 2 is 2.31 bits per heavy atom. The number of pyridine rings is 1. The Hall–Kier alpha value is -0.910. The normalized spacial score (nSPS) is 10.6. The predicted octanol–water partition coefficient (Wildman–Crippen LogP) is 2.56. The summed E-state index contributed by atoms with van der Waals surface area (Å²) in [6.07, 6.45) is -0.820. The van der Waals surface area contributed by atoms with Gasteiger partial charge in [0.25, 0.3) is 6.43 Å². The summed E-state index contributed by atoms with van der Waals surface area (Å²) in [7, 11) is 1.49. The minimum absolute atomic E-state index is 0.293. The number of rotatable bonds is 6. The molecule has 0 atom stereocenters. The lowest BCUT2D eigenvalue weighted by atomic mass is 10.3. The van der Waals surface area contributed by atoms with E-state index in [9.17, 15) is 8.78 Å². The molecule has 1 rings (SSSR count). The molecule has 1 aromatic heterocycles. The van der Waals surface area contributed by atoms with Crippen molar-refractivity contribution in [3.63, 3.8) is 0 Å². The Labute approximate surface area is 102 Å². The fourth-order valence-electron chi connectivity index (χ4n) is 1.30. The SMILES string of the molecule is COc1cc(N(CCBr)CC(F)F)ccn1. The monoisotopic (exact) mass is 294 g/mol. The topological polar surface area (TPSA) is 25.4 Å². The largest absolute Gasteiger partial charge is 0.481 e. The minimum atomic E-state index is -2.36. The van der Waals surface area contributed by atoms with Crippen molar-refractivity contribution in [1.29, 1.82) is 0 Å². The molecule has 0 fully saturated rings. The fourth-order valence-corrected chi connectivity index (χ4v) is 1.73. The number of aromatic nitrogens is 1. The summed E-state index contributed by atoms with van der Waals surface area (Å²) in [4.78, 5) is 5.52. The molecule has 0 N–H and O–H groups in total. The fraction of sp³-hybridized carbons (Fsp3) is 0.500. The van der Waals surface area contributed by atoms with Crippen molar-refractivity contribution in [2.24, 2.45) is 0 Å². The number of alkyl halides is 3. The van der Waals surface area contributed by atoms with Crippen LogP contribution in [0.3, 0.4) is 0 Å². The van der Waals surface area contributed by atoms with Gasteiger partial charge >= 0.3 is 0 Å². The Morgan fingerprint density at radius 1 is 1.56 bits per heavy atom. The standard InChI is InChI=1S/C10H13BrF2N2O/c1-16-10-6-8(2-4-14-10)15(5-3-11)7-9(12)13/h2,4,6,9H,3,5,7H2,1H3. The Bertz CT molecular complexity index is 325. The quantitative estimate of drug-likeness (QED) is 0.754. The highest BCUT2D eigenvalue weighted by Crippen LogP contribution is 2.19. The summed E-state index contributed by atoms with van der Waals surface area (Å²) in [6.45, 7) is 0.219. The van der Waals surface area contributed by atoms with Gasteiger partial charge in [0.2, 0.25) is 5.88 Å². The van der Waals surface area contributed by atoms with Crippen molar-refractivity contribution in [1.82, 2.24) is 4.98 Å². The molecule has 0 saturated carbocycles. The van der Waals surface area contributed by atoms with E-state index in [1.807, 2.05) is 0 Å². The number of anilines is 1. The molecule has 0 aliphatic rings. The van der Waals surface area contributed by atoms with E-state index in [1.54, 1.807) is 23.2 Å². The maximum Gasteiger partial charge on any atom is 0.255 e. The number of hydrogen-bond acceptors (Lipinski definition) is 3. The Balaban J connectivity index is 2.82. The summed E-state index contributed by atoms with van der Waals surface area (Å²) in [6, 6.07) is 3.33. The first kappa shape index (κ1) is 13.2. The zero-order valence-electron chi connectivity index (χ0n) is 8.87. The molecular formula is C10H13BrF2N2O. The third kappa shape index (κ3) is 3.92. The molecule has 0 unspecified atom stereocenters. The third-order valence-corrected chi connectivity index (χ3v) is 2.36. The lowest BCUT2D eigenvalue weighted by Gasteiger charge is -2.23. The highest BCUT2D eigenvalue weighted by atomic mass is 79.9. The van der Waals surface area contributed by atoms with Crippen LogP contribution in [0.2, 0.25) is 0 Å². The van der Waals surface area contributed by atoms with Crippen molar-refractivity contribution in [2.45, 2.75) is 6.43 Å². The van der Waals surface area contributed by atoms with Gasteiger partial charge in [0.15, 0.2) is 0 Å². The summed E-state index contributed by atoms with van der Waals surface area (Å²) < 4.78 is 29.7. The second-order valence-corrected chi connectivity index (χ2v) is 3.88. The van der Waals surface area contributed by atoms with Crippen LogP contribution in [0.5, 0.6) is 5.88 Å². The average molecular weight is 295 g/mol. The molecular weight excluding hydrogens is 282 g/mol. The van der Waals surface area contributed by atoms with Crippen LogP contribution in [-0.4, -0.2) is 36.9 Å². The molecule has 0 radical (unpaired) electrons. The van der Waals surface area contributed by atoms with Crippen molar-refractivity contribution < 1.29 is 13.5 Å². The molecule has 16 heavy (non-hydrogen) atoms. The van der Waals surface area contributed by atoms with E-state index < -0.39 is 6.43 Å². The molecule has 1 aromatic rings. The summed E-state index contributed by atoms with van der Waals surface area (Å²) >= 11 is 3.24. The first-order valence-corrected chi connectivity index (χ1v) is 5.88. The van der Waals surface area contributed by atoms with Gasteiger partial charge < -0.3 is 9.64 Å². The maximum atomic E-state index is 12.4. The molecule has 0 aromatic carbocycles. The highest BCUT2D eigenvalue weighted by Gasteiger charge is 2.12. The van der Waals surface area contributed by atoms with Gasteiger partial charge in [0, 0.05) is 29.8 Å². The average Bonchev–Trinajstić information content (AvgIpc) is 2.28. The number of ether oxygens (including phenoxy) is 1. The van der Waals surface area contributed by atoms with Gasteiger partial charge in [-0.1, -0.05) is 15.9 Å². The molecule has 0 spiro atoms. The van der Waals surface area contributed by atoms with Gasteiger partial charge in [-0.25, -0.2) is 13.8 Å². The summed E-state index contributed by atoms with van der Waals surface area (Å²) in [5, 5.41) is 0.629. The zero-order chi connectivity index (χ0) is 12.0. The second-order valence-electron chi connectivity index (χ2n) is 3.08. The van der Waals surface area contributed by atoms with Crippen molar-refractivity contribution in [2.75, 3.05) is 30.4 Å². The van der Waals surface area contributed by atoms with Crippen LogP contribution in [0.15, 0.2) is 18.3 Å². The molecule has 3 nitrogen and oxygen atoms in total. The zero-order valence-corrected chi connectivity index (χ0v) is 10.5. The van der Waals surface area contributed by atoms with Crippen LogP contribution in [0, 0.1) is 0 Å². The Kier molecular flexibility index (Phi) is 5.45. The van der Waals surface area contributed by atoms with E-state index in [0.717, 1.165) is 0 Å². The first-order valence-electron chi connectivity index (χ1n) is 4.76. The van der Waals surface area contributed by atoms with Gasteiger partial charge in [-0.2, -0.15) is 0 Å². The smallest absolute Gasteiger partial charge is 0.255 e. The Morgan fingerprint density at radius 3 is 2.88 bits per heavy atom. The number of nitrogens with zero attached hydrogens (tertiary/aromatic N) is 2. The molecule has 0 aliphatic heterocycles. The number of hydrogen-bond donors (Lipinski definition) is 0. The van der Waals surface area contributed by atoms with E-state index in [2.05, 4.69) is 20.9 Å². The molecule has 0 saturated heterocycles. The van der Waals surface area contributed by atoms with E-state index in [1.165, 1.54) is 7.11 Å². The van der Waals surface area contributed by atoms with Crippen molar-refractivity contribution >= 4 is 21.6 Å². The molecule has 1 heterocycles. The summed E-state index contributed by atoms with van der Waals surface area (Å²) in [5.74, 6) is 0.423. The molecule has 0 aliphatic carbocycles. The van der Waals surface area contributed by atoms with Crippen LogP contribution in [0.4, 0.5) is 14.5 Å². The van der Waals surface area contributed by atoms with Crippen LogP contribution in [0.1, 0.15) is 0 Å². The molecule has 0 amide bonds. The lowest BCUT2D eigenvalue weighted by Crippen LogP contribution is -2.30. The number of methoxy groups -OCH3 is 1. The predicted molar refractivity (Wildman–Crippen MR) is 62.8 cm³/mol. The third-order valence-electron chi connectivity index (χ3n) is 2.01. The van der Waals surface area contributed by atoms with Gasteiger partial charge in [0.05, 0.1) is 13.7 Å². The van der Waals surface area contributed by atoms with Crippen LogP contribution < -0.4 is 9.64 Å².